The van der Waals surface area contributed by atoms with Gasteiger partial charge in [-0.15, -0.1) is 0 Å². The van der Waals surface area contributed by atoms with Crippen LogP contribution in [0.3, 0.4) is 0 Å². The molecular weight excluding hydrogens is 274 g/mol. The van der Waals surface area contributed by atoms with Gasteiger partial charge in [-0.3, -0.25) is 9.59 Å². The Morgan fingerprint density at radius 2 is 1.89 bits per heavy atom. The van der Waals surface area contributed by atoms with E-state index in [1.807, 2.05) is 0 Å². The van der Waals surface area contributed by atoms with Crippen molar-refractivity contribution in [1.29, 1.82) is 0 Å². The van der Waals surface area contributed by atoms with Crippen LogP contribution in [0.4, 0.5) is 0 Å². The van der Waals surface area contributed by atoms with Crippen LogP contribution in [0.15, 0.2) is 0 Å². The Hall–Kier alpha value is -1.15. The van der Waals surface area contributed by atoms with Crippen LogP contribution in [0.2, 0.25) is 0 Å². The second-order valence-electron chi connectivity index (χ2n) is 4.36. The lowest BCUT2D eigenvalue weighted by Gasteiger charge is -2.25. The van der Waals surface area contributed by atoms with Gasteiger partial charge in [-0.1, -0.05) is 13.3 Å². The molecule has 0 amide bonds. The van der Waals surface area contributed by atoms with Crippen LogP contribution in [-0.4, -0.2) is 43.4 Å². The van der Waals surface area contributed by atoms with E-state index < -0.39 is 33.3 Å². The van der Waals surface area contributed by atoms with Gasteiger partial charge < -0.3 is 9.84 Å². The molecule has 0 saturated carbocycles. The normalized spacial score (nSPS) is 14.7. The Labute approximate surface area is 113 Å². The summed E-state index contributed by atoms with van der Waals surface area (Å²) in [5.74, 6) is -2.35. The first-order valence-corrected chi connectivity index (χ1v) is 7.72. The fourth-order valence-electron chi connectivity index (χ4n) is 1.55. The predicted molar refractivity (Wildman–Crippen MR) is 69.1 cm³/mol. The largest absolute Gasteiger partial charge is 0.480 e. The highest BCUT2D eigenvalue weighted by molar-refractivity contribution is 7.89. The number of hydrogen-bond donors (Lipinski definition) is 2. The van der Waals surface area contributed by atoms with E-state index in [4.69, 9.17) is 5.11 Å². The molecule has 8 heteroatoms. The molecule has 0 aromatic carbocycles. The first-order valence-electron chi connectivity index (χ1n) is 6.07. The standard InChI is InChI=1S/C11H21NO6S/c1-4-7-11(3,10(14)15)12-19(16,17)8-6-9(13)18-5-2/h12H,4-8H2,1-3H3,(H,14,15). The molecule has 0 bridgehead atoms. The third-order valence-electron chi connectivity index (χ3n) is 2.48. The van der Waals surface area contributed by atoms with Gasteiger partial charge in [0.1, 0.15) is 5.54 Å². The van der Waals surface area contributed by atoms with E-state index in [9.17, 15) is 18.0 Å². The number of aliphatic carboxylic acids is 1. The average molecular weight is 295 g/mol. The number of hydrogen-bond acceptors (Lipinski definition) is 5. The molecule has 0 fully saturated rings. The highest BCUT2D eigenvalue weighted by Crippen LogP contribution is 2.14. The molecule has 0 aliphatic rings. The molecule has 1 unspecified atom stereocenters. The van der Waals surface area contributed by atoms with Crippen LogP contribution in [0, 0.1) is 0 Å². The van der Waals surface area contributed by atoms with Gasteiger partial charge in [0, 0.05) is 0 Å². The number of nitrogens with one attached hydrogen (secondary N) is 1. The molecule has 0 aliphatic heterocycles. The van der Waals surface area contributed by atoms with E-state index >= 15 is 0 Å². The molecule has 0 aromatic heterocycles. The zero-order valence-corrected chi connectivity index (χ0v) is 12.2. The zero-order valence-electron chi connectivity index (χ0n) is 11.4. The van der Waals surface area contributed by atoms with Crippen LogP contribution in [-0.2, 0) is 24.3 Å². The number of carboxylic acid groups (broad SMARTS) is 1. The van der Waals surface area contributed by atoms with Gasteiger partial charge in [0.25, 0.3) is 0 Å². The van der Waals surface area contributed by atoms with Crippen molar-refractivity contribution < 1.29 is 27.9 Å². The van der Waals surface area contributed by atoms with Crippen molar-refractivity contribution >= 4 is 22.0 Å². The summed E-state index contributed by atoms with van der Waals surface area (Å²) < 4.78 is 30.3. The minimum Gasteiger partial charge on any atom is -0.480 e. The summed E-state index contributed by atoms with van der Waals surface area (Å²) in [7, 11) is -3.85. The molecule has 0 spiro atoms. The predicted octanol–water partition coefficient (Wildman–Crippen LogP) is 0.502. The highest BCUT2D eigenvalue weighted by Gasteiger charge is 2.36. The summed E-state index contributed by atoms with van der Waals surface area (Å²) in [4.78, 5) is 22.2. The van der Waals surface area contributed by atoms with Crippen molar-refractivity contribution in [2.24, 2.45) is 0 Å². The average Bonchev–Trinajstić information content (AvgIpc) is 2.26. The lowest BCUT2D eigenvalue weighted by atomic mass is 9.98. The third-order valence-corrected chi connectivity index (χ3v) is 3.99. The van der Waals surface area contributed by atoms with Gasteiger partial charge in [-0.05, 0) is 20.3 Å². The molecule has 2 N–H and O–H groups in total. The minimum absolute atomic E-state index is 0.168. The van der Waals surface area contributed by atoms with E-state index in [-0.39, 0.29) is 19.4 Å². The number of carboxylic acids is 1. The van der Waals surface area contributed by atoms with E-state index in [0.29, 0.717) is 6.42 Å². The Kier molecular flexibility index (Phi) is 6.99. The Bertz CT molecular complexity index is 419. The Morgan fingerprint density at radius 3 is 2.32 bits per heavy atom. The van der Waals surface area contributed by atoms with Gasteiger partial charge in [0.05, 0.1) is 18.8 Å². The van der Waals surface area contributed by atoms with Gasteiger partial charge in [-0.25, -0.2) is 8.42 Å². The van der Waals surface area contributed by atoms with Gasteiger partial charge >= 0.3 is 11.9 Å². The molecule has 0 saturated heterocycles. The number of esters is 1. The van der Waals surface area contributed by atoms with E-state index in [1.54, 1.807) is 13.8 Å². The fourth-order valence-corrected chi connectivity index (χ4v) is 2.96. The summed E-state index contributed by atoms with van der Waals surface area (Å²) in [5.41, 5.74) is -1.55. The lowest BCUT2D eigenvalue weighted by Crippen LogP contribution is -2.52. The zero-order chi connectivity index (χ0) is 15.1. The van der Waals surface area contributed by atoms with Crippen molar-refractivity contribution in [3.63, 3.8) is 0 Å². The van der Waals surface area contributed by atoms with Crippen molar-refractivity contribution in [2.45, 2.75) is 45.6 Å². The maximum atomic E-state index is 11.8. The van der Waals surface area contributed by atoms with Crippen molar-refractivity contribution in [3.8, 4) is 0 Å². The van der Waals surface area contributed by atoms with E-state index in [1.165, 1.54) is 6.92 Å². The van der Waals surface area contributed by atoms with Gasteiger partial charge in [0.2, 0.25) is 10.0 Å². The van der Waals surface area contributed by atoms with Gasteiger partial charge in [0.15, 0.2) is 0 Å². The van der Waals surface area contributed by atoms with Crippen molar-refractivity contribution in [3.05, 3.63) is 0 Å². The van der Waals surface area contributed by atoms with Crippen LogP contribution >= 0.6 is 0 Å². The summed E-state index contributed by atoms with van der Waals surface area (Å²) >= 11 is 0. The number of ether oxygens (including phenoxy) is 1. The summed E-state index contributed by atoms with van der Waals surface area (Å²) in [6.45, 7) is 4.86. The van der Waals surface area contributed by atoms with Crippen molar-refractivity contribution in [1.82, 2.24) is 4.72 Å². The first kappa shape index (κ1) is 17.8. The maximum absolute atomic E-state index is 11.8. The number of carbonyl (C=O) groups is 2. The second-order valence-corrected chi connectivity index (χ2v) is 6.21. The third kappa shape index (κ3) is 6.53. The van der Waals surface area contributed by atoms with Crippen LogP contribution in [0.1, 0.15) is 40.0 Å². The smallest absolute Gasteiger partial charge is 0.324 e. The van der Waals surface area contributed by atoms with Crippen LogP contribution in [0.25, 0.3) is 0 Å². The monoisotopic (exact) mass is 295 g/mol. The Morgan fingerprint density at radius 1 is 1.32 bits per heavy atom. The number of rotatable bonds is 9. The number of carbonyl (C=O) groups excluding carboxylic acids is 1. The SMILES string of the molecule is CCCC(C)(NS(=O)(=O)CCC(=O)OCC)C(=O)O. The van der Waals surface area contributed by atoms with E-state index in [2.05, 4.69) is 9.46 Å². The minimum atomic E-state index is -3.85. The first-order chi connectivity index (χ1) is 8.67. The van der Waals surface area contributed by atoms with Crippen molar-refractivity contribution in [2.75, 3.05) is 12.4 Å². The molecule has 1 atom stereocenters. The summed E-state index contributed by atoms with van der Waals surface area (Å²) in [5, 5.41) is 9.07. The second kappa shape index (κ2) is 7.44. The maximum Gasteiger partial charge on any atom is 0.324 e. The molecule has 112 valence electrons. The molecule has 19 heavy (non-hydrogen) atoms. The lowest BCUT2D eigenvalue weighted by molar-refractivity contribution is -0.143. The summed E-state index contributed by atoms with van der Waals surface area (Å²) in [6.07, 6.45) is 0.384. The molecular formula is C11H21NO6S. The van der Waals surface area contributed by atoms with Gasteiger partial charge in [-0.2, -0.15) is 4.72 Å². The number of sulfonamides is 1. The topological polar surface area (TPSA) is 110 Å². The Balaban J connectivity index is 4.65. The molecule has 7 nitrogen and oxygen atoms in total. The molecule has 0 radical (unpaired) electrons. The summed E-state index contributed by atoms with van der Waals surface area (Å²) in [6, 6.07) is 0. The van der Waals surface area contributed by atoms with Crippen LogP contribution in [0.5, 0.6) is 0 Å². The molecule has 0 aliphatic carbocycles. The quantitative estimate of drug-likeness (QED) is 0.599. The fraction of sp³-hybridized carbons (Fsp3) is 0.818. The molecule has 0 rings (SSSR count). The van der Waals surface area contributed by atoms with Crippen LogP contribution < -0.4 is 4.72 Å². The molecule has 0 heterocycles. The molecule has 0 aromatic rings. The highest BCUT2D eigenvalue weighted by atomic mass is 32.2. The van der Waals surface area contributed by atoms with E-state index in [0.717, 1.165) is 0 Å².